The zero-order valence-electron chi connectivity index (χ0n) is 8.78. The first-order chi connectivity index (χ1) is 7.61. The lowest BCUT2D eigenvalue weighted by Gasteiger charge is -2.29. The first-order valence-corrected chi connectivity index (χ1v) is 7.59. The number of anilines is 2. The van der Waals surface area contributed by atoms with Crippen molar-refractivity contribution in [2.24, 2.45) is 0 Å². The van der Waals surface area contributed by atoms with E-state index in [1.54, 1.807) is 0 Å². The molecule has 16 heavy (non-hydrogen) atoms. The van der Waals surface area contributed by atoms with Gasteiger partial charge < -0.3 is 10.2 Å². The summed E-state index contributed by atoms with van der Waals surface area (Å²) in [5, 5.41) is 3.37. The van der Waals surface area contributed by atoms with Gasteiger partial charge in [0.1, 0.15) is 0 Å². The molecule has 2 heterocycles. The third-order valence-corrected chi connectivity index (χ3v) is 6.52. The van der Waals surface area contributed by atoms with E-state index in [-0.39, 0.29) is 5.62 Å². The monoisotopic (exact) mass is 412 g/mol. The summed E-state index contributed by atoms with van der Waals surface area (Å²) in [4.78, 5) is 2.28. The van der Waals surface area contributed by atoms with Gasteiger partial charge in [-0.1, -0.05) is 11.6 Å². The predicted molar refractivity (Wildman–Crippen MR) is 80.5 cm³/mol. The van der Waals surface area contributed by atoms with Gasteiger partial charge in [-0.15, -0.1) is 0 Å². The van der Waals surface area contributed by atoms with Crippen LogP contribution in [0, 0.1) is 10.5 Å². The highest BCUT2D eigenvalue weighted by molar-refractivity contribution is 14.1. The van der Waals surface area contributed by atoms with E-state index in [9.17, 15) is 0 Å². The van der Waals surface area contributed by atoms with Gasteiger partial charge in [0.2, 0.25) is 0 Å². The highest BCUT2D eigenvalue weighted by Gasteiger charge is 2.35. The number of hydrogen-bond acceptors (Lipinski definition) is 2. The number of alkyl halides is 1. The number of nitrogens with zero attached hydrogens (tertiary/aromatic N) is 1. The molecule has 0 amide bonds. The van der Waals surface area contributed by atoms with E-state index in [0.717, 1.165) is 13.0 Å². The summed E-state index contributed by atoms with van der Waals surface area (Å²) < 4.78 is 2.45. The molecular weight excluding hydrogens is 402 g/mol. The summed E-state index contributed by atoms with van der Waals surface area (Å²) in [6, 6.07) is 0. The van der Waals surface area contributed by atoms with Gasteiger partial charge >= 0.3 is 0 Å². The van der Waals surface area contributed by atoms with Crippen molar-refractivity contribution < 1.29 is 0 Å². The maximum Gasteiger partial charge on any atom is 0.177 e. The SMILES string of the molecule is Cc1c(Br)c(I)c2c3c1CCCN3C(Cl)N2. The van der Waals surface area contributed by atoms with Crippen molar-refractivity contribution in [3.8, 4) is 0 Å². The molecule has 0 bridgehead atoms. The van der Waals surface area contributed by atoms with Crippen LogP contribution in [0.15, 0.2) is 4.47 Å². The van der Waals surface area contributed by atoms with E-state index in [4.69, 9.17) is 11.6 Å². The zero-order chi connectivity index (χ0) is 11.4. The zero-order valence-corrected chi connectivity index (χ0v) is 13.3. The van der Waals surface area contributed by atoms with Crippen LogP contribution in [0.25, 0.3) is 0 Å². The standard InChI is InChI=1S/C11H11BrClIN2/c1-5-6-3-2-4-16-10(6)9(15-11(16)13)8(14)7(5)12/h11,15H,2-4H2,1H3. The van der Waals surface area contributed by atoms with Gasteiger partial charge in [0.25, 0.3) is 0 Å². The average Bonchev–Trinajstić information content (AvgIpc) is 2.63. The molecule has 1 N–H and O–H groups in total. The number of nitrogens with one attached hydrogen (secondary N) is 1. The second kappa shape index (κ2) is 3.92. The average molecular weight is 413 g/mol. The Kier molecular flexibility index (Phi) is 2.79. The van der Waals surface area contributed by atoms with Crippen LogP contribution in [0.4, 0.5) is 11.4 Å². The quantitative estimate of drug-likeness (QED) is 0.392. The van der Waals surface area contributed by atoms with Gasteiger partial charge in [-0.2, -0.15) is 0 Å². The van der Waals surface area contributed by atoms with Gasteiger partial charge in [0.05, 0.1) is 14.9 Å². The van der Waals surface area contributed by atoms with E-state index >= 15 is 0 Å². The maximum absolute atomic E-state index is 6.32. The molecule has 0 radical (unpaired) electrons. The molecule has 0 spiro atoms. The fourth-order valence-electron chi connectivity index (χ4n) is 2.56. The van der Waals surface area contributed by atoms with Crippen LogP contribution in [-0.2, 0) is 6.42 Å². The van der Waals surface area contributed by atoms with Crippen LogP contribution in [0.5, 0.6) is 0 Å². The van der Waals surface area contributed by atoms with Gasteiger partial charge in [0.15, 0.2) is 5.62 Å². The Labute approximate surface area is 122 Å². The second-order valence-corrected chi connectivity index (χ2v) is 6.52. The third-order valence-electron chi connectivity index (χ3n) is 3.37. The lowest BCUT2D eigenvalue weighted by molar-refractivity contribution is 0.707. The summed E-state index contributed by atoms with van der Waals surface area (Å²) >= 11 is 12.4. The summed E-state index contributed by atoms with van der Waals surface area (Å²) in [6.45, 7) is 3.24. The van der Waals surface area contributed by atoms with Crippen molar-refractivity contribution in [3.05, 3.63) is 19.2 Å². The van der Waals surface area contributed by atoms with Gasteiger partial charge in [-0.05, 0) is 69.4 Å². The Morgan fingerprint density at radius 1 is 1.56 bits per heavy atom. The largest absolute Gasteiger partial charge is 0.350 e. The molecule has 5 heteroatoms. The number of hydrogen-bond donors (Lipinski definition) is 1. The highest BCUT2D eigenvalue weighted by atomic mass is 127. The lowest BCUT2D eigenvalue weighted by atomic mass is 9.97. The van der Waals surface area contributed by atoms with E-state index in [2.05, 4.69) is 55.7 Å². The molecule has 2 aliphatic heterocycles. The summed E-state index contributed by atoms with van der Waals surface area (Å²) in [7, 11) is 0. The Morgan fingerprint density at radius 2 is 2.31 bits per heavy atom. The molecule has 1 aromatic rings. The lowest BCUT2D eigenvalue weighted by Crippen LogP contribution is -2.34. The molecule has 0 fully saturated rings. The van der Waals surface area contributed by atoms with Crippen molar-refractivity contribution in [2.75, 3.05) is 16.8 Å². The number of benzene rings is 1. The Morgan fingerprint density at radius 3 is 3.06 bits per heavy atom. The van der Waals surface area contributed by atoms with Crippen LogP contribution in [0.1, 0.15) is 17.5 Å². The normalized spacial score (nSPS) is 22.0. The maximum atomic E-state index is 6.32. The molecule has 1 aromatic carbocycles. The summed E-state index contributed by atoms with van der Waals surface area (Å²) in [5.41, 5.74) is 5.25. The molecule has 2 nitrogen and oxygen atoms in total. The minimum atomic E-state index is -0.0868. The first kappa shape index (κ1) is 11.4. The molecule has 3 rings (SSSR count). The molecule has 1 unspecified atom stereocenters. The Hall–Kier alpha value is 0.320. The minimum absolute atomic E-state index is 0.0868. The second-order valence-electron chi connectivity index (χ2n) is 4.23. The Bertz CT molecular complexity index is 478. The minimum Gasteiger partial charge on any atom is -0.350 e. The van der Waals surface area contributed by atoms with Gasteiger partial charge in [-0.3, -0.25) is 0 Å². The molecule has 86 valence electrons. The van der Waals surface area contributed by atoms with E-state index in [1.165, 1.54) is 37.0 Å². The van der Waals surface area contributed by atoms with Crippen LogP contribution in [-0.4, -0.2) is 12.2 Å². The first-order valence-electron chi connectivity index (χ1n) is 5.29. The predicted octanol–water partition coefficient (Wildman–Crippen LogP) is 4.06. The number of rotatable bonds is 0. The molecule has 1 atom stereocenters. The van der Waals surface area contributed by atoms with Crippen LogP contribution in [0.3, 0.4) is 0 Å². The molecule has 0 aromatic heterocycles. The molecule has 0 aliphatic carbocycles. The van der Waals surface area contributed by atoms with Gasteiger partial charge in [0, 0.05) is 11.0 Å². The highest BCUT2D eigenvalue weighted by Crippen LogP contribution is 2.48. The van der Waals surface area contributed by atoms with Crippen LogP contribution >= 0.6 is 50.1 Å². The van der Waals surface area contributed by atoms with E-state index in [0.29, 0.717) is 0 Å². The van der Waals surface area contributed by atoms with Crippen molar-refractivity contribution in [1.29, 1.82) is 0 Å². The van der Waals surface area contributed by atoms with Crippen molar-refractivity contribution in [1.82, 2.24) is 0 Å². The fraction of sp³-hybridized carbons (Fsp3) is 0.455. The molecule has 2 aliphatic rings. The third kappa shape index (κ3) is 1.42. The molecule has 0 saturated heterocycles. The van der Waals surface area contributed by atoms with E-state index < -0.39 is 0 Å². The smallest absolute Gasteiger partial charge is 0.177 e. The summed E-state index contributed by atoms with van der Waals surface area (Å²) in [5.74, 6) is 0. The van der Waals surface area contributed by atoms with Gasteiger partial charge in [-0.25, -0.2) is 0 Å². The van der Waals surface area contributed by atoms with Crippen LogP contribution in [0.2, 0.25) is 0 Å². The Balaban J connectivity index is 2.32. The van der Waals surface area contributed by atoms with Crippen LogP contribution < -0.4 is 10.2 Å². The van der Waals surface area contributed by atoms with Crippen molar-refractivity contribution >= 4 is 61.5 Å². The van der Waals surface area contributed by atoms with E-state index in [1.807, 2.05) is 0 Å². The molecule has 0 saturated carbocycles. The van der Waals surface area contributed by atoms with Crippen molar-refractivity contribution in [2.45, 2.75) is 25.4 Å². The number of halogens is 3. The topological polar surface area (TPSA) is 15.3 Å². The fourth-order valence-corrected chi connectivity index (χ4v) is 4.11. The molecular formula is C11H11BrClIN2. The summed E-state index contributed by atoms with van der Waals surface area (Å²) in [6.07, 6.45) is 2.34. The van der Waals surface area contributed by atoms with Crippen molar-refractivity contribution in [3.63, 3.8) is 0 Å².